The van der Waals surface area contributed by atoms with Crippen molar-refractivity contribution in [1.29, 1.82) is 0 Å². The fraction of sp³-hybridized carbons (Fsp3) is 0.529. The van der Waals surface area contributed by atoms with Crippen LogP contribution >= 0.6 is 11.6 Å². The minimum absolute atomic E-state index is 0.0437. The number of nitrogens with zero attached hydrogens (tertiary/aromatic N) is 1. The number of carbonyl (C=O) groups is 2. The van der Waals surface area contributed by atoms with Crippen LogP contribution in [0.4, 0.5) is 0 Å². The molecule has 1 fully saturated rings. The molecule has 1 saturated heterocycles. The molecular weight excluding hydrogens is 316 g/mol. The summed E-state index contributed by atoms with van der Waals surface area (Å²) in [5.41, 5.74) is 0.464. The van der Waals surface area contributed by atoms with Gasteiger partial charge >= 0.3 is 0 Å². The molecule has 5 nitrogen and oxygen atoms in total. The van der Waals surface area contributed by atoms with Crippen molar-refractivity contribution in [3.8, 4) is 0 Å². The van der Waals surface area contributed by atoms with Gasteiger partial charge in [-0.25, -0.2) is 0 Å². The highest BCUT2D eigenvalue weighted by Crippen LogP contribution is 2.15. The molecule has 23 heavy (non-hydrogen) atoms. The lowest BCUT2D eigenvalue weighted by Gasteiger charge is -2.34. The van der Waals surface area contributed by atoms with E-state index in [-0.39, 0.29) is 17.7 Å². The number of piperidine rings is 1. The minimum Gasteiger partial charge on any atom is -0.391 e. The first kappa shape index (κ1) is 17.8. The summed E-state index contributed by atoms with van der Waals surface area (Å²) in [6, 6.07) is 5.94. The Hall–Kier alpha value is -1.59. The van der Waals surface area contributed by atoms with E-state index in [4.69, 9.17) is 11.6 Å². The third-order valence-corrected chi connectivity index (χ3v) is 4.29. The summed E-state index contributed by atoms with van der Waals surface area (Å²) in [4.78, 5) is 26.7. The Kier molecular flexibility index (Phi) is 6.02. The van der Waals surface area contributed by atoms with Crippen LogP contribution in [0.5, 0.6) is 0 Å². The third kappa shape index (κ3) is 4.69. The SMILES string of the molecule is CC(C)C(NC(=O)c1ccc(Cl)cc1)C(=O)N1CCCC(O)C1. The molecule has 2 unspecified atom stereocenters. The van der Waals surface area contributed by atoms with Crippen molar-refractivity contribution in [1.82, 2.24) is 10.2 Å². The van der Waals surface area contributed by atoms with Crippen LogP contribution in [0.15, 0.2) is 24.3 Å². The van der Waals surface area contributed by atoms with Crippen molar-refractivity contribution < 1.29 is 14.7 Å². The third-order valence-electron chi connectivity index (χ3n) is 4.03. The van der Waals surface area contributed by atoms with Crippen molar-refractivity contribution in [3.63, 3.8) is 0 Å². The number of nitrogens with one attached hydrogen (secondary N) is 1. The average molecular weight is 339 g/mol. The second-order valence-corrected chi connectivity index (χ2v) is 6.72. The molecule has 2 amide bonds. The summed E-state index contributed by atoms with van der Waals surface area (Å²) in [6.45, 7) is 4.74. The van der Waals surface area contributed by atoms with E-state index >= 15 is 0 Å². The molecule has 1 aliphatic rings. The van der Waals surface area contributed by atoms with E-state index < -0.39 is 12.1 Å². The van der Waals surface area contributed by atoms with Crippen LogP contribution < -0.4 is 5.32 Å². The predicted octanol–water partition coefficient (Wildman–Crippen LogP) is 2.08. The van der Waals surface area contributed by atoms with E-state index in [1.54, 1.807) is 29.2 Å². The Morgan fingerprint density at radius 1 is 1.30 bits per heavy atom. The molecule has 6 heteroatoms. The van der Waals surface area contributed by atoms with Crippen LogP contribution in [0, 0.1) is 5.92 Å². The second-order valence-electron chi connectivity index (χ2n) is 6.28. The minimum atomic E-state index is -0.608. The Morgan fingerprint density at radius 3 is 2.52 bits per heavy atom. The predicted molar refractivity (Wildman–Crippen MR) is 89.4 cm³/mol. The molecule has 0 radical (unpaired) electrons. The van der Waals surface area contributed by atoms with Gasteiger partial charge in [-0.3, -0.25) is 9.59 Å². The second kappa shape index (κ2) is 7.79. The highest BCUT2D eigenvalue weighted by Gasteiger charge is 2.31. The number of amides is 2. The molecule has 2 rings (SSSR count). The van der Waals surface area contributed by atoms with Gasteiger partial charge in [0.1, 0.15) is 6.04 Å². The van der Waals surface area contributed by atoms with Crippen molar-refractivity contribution in [3.05, 3.63) is 34.9 Å². The van der Waals surface area contributed by atoms with Crippen LogP contribution in [-0.2, 0) is 4.79 Å². The van der Waals surface area contributed by atoms with E-state index in [2.05, 4.69) is 5.32 Å². The van der Waals surface area contributed by atoms with Crippen molar-refractivity contribution >= 4 is 23.4 Å². The topological polar surface area (TPSA) is 69.6 Å². The van der Waals surface area contributed by atoms with Crippen molar-refractivity contribution in [2.24, 2.45) is 5.92 Å². The smallest absolute Gasteiger partial charge is 0.251 e. The molecule has 2 N–H and O–H groups in total. The summed E-state index contributed by atoms with van der Waals surface area (Å²) in [5.74, 6) is -0.481. The van der Waals surface area contributed by atoms with Gasteiger partial charge in [0.15, 0.2) is 0 Å². The highest BCUT2D eigenvalue weighted by atomic mass is 35.5. The molecule has 2 atom stereocenters. The molecule has 0 aromatic heterocycles. The number of likely N-dealkylation sites (tertiary alicyclic amines) is 1. The fourth-order valence-corrected chi connectivity index (χ4v) is 2.82. The Balaban J connectivity index is 2.07. The number of aliphatic hydroxyl groups excluding tert-OH is 1. The number of benzene rings is 1. The summed E-state index contributed by atoms with van der Waals surface area (Å²) >= 11 is 5.82. The lowest BCUT2D eigenvalue weighted by molar-refractivity contribution is -0.137. The van der Waals surface area contributed by atoms with Gasteiger partial charge in [0, 0.05) is 23.7 Å². The van der Waals surface area contributed by atoms with Crippen molar-refractivity contribution in [2.75, 3.05) is 13.1 Å². The van der Waals surface area contributed by atoms with E-state index in [0.29, 0.717) is 30.1 Å². The standard InChI is InChI=1S/C17H23ClN2O3/c1-11(2)15(17(23)20-9-3-4-14(21)10-20)19-16(22)12-5-7-13(18)8-6-12/h5-8,11,14-15,21H,3-4,9-10H2,1-2H3,(H,19,22). The molecule has 1 aliphatic heterocycles. The molecule has 1 aromatic carbocycles. The van der Waals surface area contributed by atoms with Gasteiger partial charge in [0.05, 0.1) is 6.10 Å². The zero-order valence-electron chi connectivity index (χ0n) is 13.5. The van der Waals surface area contributed by atoms with Gasteiger partial charge < -0.3 is 15.3 Å². The quantitative estimate of drug-likeness (QED) is 0.883. The monoisotopic (exact) mass is 338 g/mol. The zero-order valence-corrected chi connectivity index (χ0v) is 14.2. The average Bonchev–Trinajstić information content (AvgIpc) is 2.52. The van der Waals surface area contributed by atoms with Crippen LogP contribution in [0.1, 0.15) is 37.0 Å². The summed E-state index contributed by atoms with van der Waals surface area (Å²) < 4.78 is 0. The van der Waals surface area contributed by atoms with Gasteiger partial charge in [0.25, 0.3) is 5.91 Å². The lowest BCUT2D eigenvalue weighted by atomic mass is 10.00. The number of rotatable bonds is 4. The van der Waals surface area contributed by atoms with E-state index in [1.165, 1.54) is 0 Å². The molecule has 1 aromatic rings. The van der Waals surface area contributed by atoms with Crippen LogP contribution in [0.2, 0.25) is 5.02 Å². The number of hydrogen-bond acceptors (Lipinski definition) is 3. The molecular formula is C17H23ClN2O3. The van der Waals surface area contributed by atoms with Gasteiger partial charge in [-0.05, 0) is 43.0 Å². The number of carbonyl (C=O) groups excluding carboxylic acids is 2. The maximum absolute atomic E-state index is 12.7. The Bertz CT molecular complexity index is 559. The van der Waals surface area contributed by atoms with Gasteiger partial charge in [0.2, 0.25) is 5.91 Å². The Morgan fingerprint density at radius 2 is 1.96 bits per heavy atom. The maximum atomic E-state index is 12.7. The zero-order chi connectivity index (χ0) is 17.0. The van der Waals surface area contributed by atoms with Crippen LogP contribution in [0.25, 0.3) is 0 Å². The first-order valence-electron chi connectivity index (χ1n) is 7.91. The maximum Gasteiger partial charge on any atom is 0.251 e. The molecule has 0 spiro atoms. The largest absolute Gasteiger partial charge is 0.391 e. The number of halogens is 1. The van der Waals surface area contributed by atoms with E-state index in [0.717, 1.165) is 6.42 Å². The molecule has 1 heterocycles. The summed E-state index contributed by atoms with van der Waals surface area (Å²) in [6.07, 6.45) is 1.02. The Labute approximate surface area is 141 Å². The van der Waals surface area contributed by atoms with Crippen molar-refractivity contribution in [2.45, 2.75) is 38.8 Å². The molecule has 0 saturated carbocycles. The summed E-state index contributed by atoms with van der Waals surface area (Å²) in [7, 11) is 0. The summed E-state index contributed by atoms with van der Waals surface area (Å²) in [5, 5.41) is 13.1. The van der Waals surface area contributed by atoms with Gasteiger partial charge in [-0.1, -0.05) is 25.4 Å². The van der Waals surface area contributed by atoms with Gasteiger partial charge in [-0.2, -0.15) is 0 Å². The molecule has 0 bridgehead atoms. The lowest BCUT2D eigenvalue weighted by Crippen LogP contribution is -2.54. The first-order valence-corrected chi connectivity index (χ1v) is 8.29. The normalized spacial score (nSPS) is 19.5. The molecule has 0 aliphatic carbocycles. The van der Waals surface area contributed by atoms with Crippen LogP contribution in [-0.4, -0.2) is 47.1 Å². The number of β-amino-alcohol motifs (C(OH)–C–C–N with tert-alkyl or cyclic N) is 1. The molecule has 126 valence electrons. The first-order chi connectivity index (χ1) is 10.9. The van der Waals surface area contributed by atoms with Crippen LogP contribution in [0.3, 0.4) is 0 Å². The fourth-order valence-electron chi connectivity index (χ4n) is 2.69. The van der Waals surface area contributed by atoms with E-state index in [9.17, 15) is 14.7 Å². The number of hydrogen-bond donors (Lipinski definition) is 2. The highest BCUT2D eigenvalue weighted by molar-refractivity contribution is 6.30. The van der Waals surface area contributed by atoms with Gasteiger partial charge in [-0.15, -0.1) is 0 Å². The number of aliphatic hydroxyl groups is 1. The van der Waals surface area contributed by atoms with E-state index in [1.807, 2.05) is 13.8 Å².